The van der Waals surface area contributed by atoms with Crippen LogP contribution in [0.5, 0.6) is 5.75 Å². The van der Waals surface area contributed by atoms with Crippen molar-refractivity contribution < 1.29 is 44.2 Å². The lowest BCUT2D eigenvalue weighted by molar-refractivity contribution is -0.269. The van der Waals surface area contributed by atoms with Gasteiger partial charge in [-0.05, 0) is 25.0 Å². The molecule has 0 aliphatic carbocycles. The van der Waals surface area contributed by atoms with Crippen LogP contribution in [0.25, 0.3) is 10.9 Å². The molecule has 2 heterocycles. The molecule has 1 aromatic carbocycles. The maximum atomic E-state index is 12.9. The Balaban J connectivity index is 1.54. The number of para-hydroxylation sites is 1. The number of unbranched alkanes of at least 4 members (excludes halogenated alkanes) is 5. The van der Waals surface area contributed by atoms with Gasteiger partial charge in [0.15, 0.2) is 6.29 Å². The molecule has 11 heteroatoms. The molecule has 1 aliphatic heterocycles. The van der Waals surface area contributed by atoms with Gasteiger partial charge in [-0.3, -0.25) is 9.59 Å². The van der Waals surface area contributed by atoms with Gasteiger partial charge in [0.25, 0.3) is 5.91 Å². The zero-order valence-corrected chi connectivity index (χ0v) is 20.9. The number of rotatable bonds is 13. The van der Waals surface area contributed by atoms with E-state index < -0.39 is 43.2 Å². The Morgan fingerprint density at radius 2 is 1.76 bits per heavy atom. The number of nitrogens with zero attached hydrogens (tertiary/aromatic N) is 1. The summed E-state index contributed by atoms with van der Waals surface area (Å²) in [6, 6.07) is 6.89. The van der Waals surface area contributed by atoms with Crippen LogP contribution >= 0.6 is 0 Å². The minimum atomic E-state index is -1.46. The Hall–Kier alpha value is -2.83. The Morgan fingerprint density at radius 1 is 1.03 bits per heavy atom. The molecule has 204 valence electrons. The van der Waals surface area contributed by atoms with E-state index in [1.165, 1.54) is 19.2 Å². The molecule has 0 bridgehead atoms. The van der Waals surface area contributed by atoms with Gasteiger partial charge in [-0.1, -0.05) is 43.9 Å². The summed E-state index contributed by atoms with van der Waals surface area (Å²) in [7, 11) is 1.38. The second-order valence-corrected chi connectivity index (χ2v) is 9.07. The van der Waals surface area contributed by atoms with Crippen LogP contribution < -0.4 is 5.32 Å². The lowest BCUT2D eigenvalue weighted by Crippen LogP contribution is -2.64. The Kier molecular flexibility index (Phi) is 11.0. The number of phenolic OH excluding ortho intramolecular Hbond substituents is 1. The minimum absolute atomic E-state index is 0.00548. The molecule has 2 aromatic rings. The van der Waals surface area contributed by atoms with Crippen molar-refractivity contribution in [3.63, 3.8) is 0 Å². The molecule has 0 spiro atoms. The molecule has 1 fully saturated rings. The van der Waals surface area contributed by atoms with Crippen LogP contribution in [0.2, 0.25) is 0 Å². The van der Waals surface area contributed by atoms with E-state index >= 15 is 0 Å². The highest BCUT2D eigenvalue weighted by molar-refractivity contribution is 5.96. The van der Waals surface area contributed by atoms with Crippen LogP contribution in [0.1, 0.15) is 55.4 Å². The second-order valence-electron chi connectivity index (χ2n) is 9.07. The number of esters is 1. The summed E-state index contributed by atoms with van der Waals surface area (Å²) in [5.41, 5.74) is 0.264. The number of fused-ring (bicyclic) bond motifs is 1. The number of hydrogen-bond acceptors (Lipinski definition) is 10. The normalized spacial score (nSPS) is 23.6. The molecule has 3 unspecified atom stereocenters. The van der Waals surface area contributed by atoms with Crippen molar-refractivity contribution in [1.29, 1.82) is 0 Å². The number of phenols is 1. The van der Waals surface area contributed by atoms with Gasteiger partial charge < -0.3 is 40.0 Å². The number of methoxy groups -OCH3 is 1. The topological polar surface area (TPSA) is 168 Å². The van der Waals surface area contributed by atoms with E-state index in [2.05, 4.69) is 15.0 Å². The molecule has 5 atom stereocenters. The molecule has 3 rings (SSSR count). The molecule has 1 aliphatic rings. The predicted molar refractivity (Wildman–Crippen MR) is 133 cm³/mol. The predicted octanol–water partition coefficient (Wildman–Crippen LogP) is 1.40. The van der Waals surface area contributed by atoms with E-state index in [1.54, 1.807) is 18.2 Å². The Labute approximate surface area is 215 Å². The number of ether oxygens (including phenoxy) is 3. The van der Waals surface area contributed by atoms with Gasteiger partial charge >= 0.3 is 5.97 Å². The summed E-state index contributed by atoms with van der Waals surface area (Å²) in [4.78, 5) is 28.3. The van der Waals surface area contributed by atoms with Crippen LogP contribution in [-0.4, -0.2) is 88.3 Å². The Morgan fingerprint density at radius 3 is 2.49 bits per heavy atom. The first-order valence-electron chi connectivity index (χ1n) is 12.6. The minimum Gasteiger partial charge on any atom is -0.506 e. The molecular formula is C26H36N2O9. The lowest BCUT2D eigenvalue weighted by atomic mass is 9.96. The van der Waals surface area contributed by atoms with Crippen LogP contribution in [0, 0.1) is 0 Å². The summed E-state index contributed by atoms with van der Waals surface area (Å²) in [5, 5.41) is 43.9. The van der Waals surface area contributed by atoms with Crippen molar-refractivity contribution in [2.75, 3.05) is 20.3 Å². The molecule has 0 saturated carbocycles. The van der Waals surface area contributed by atoms with Gasteiger partial charge in [0.1, 0.15) is 41.3 Å². The maximum Gasteiger partial charge on any atom is 0.305 e. The van der Waals surface area contributed by atoms with Crippen LogP contribution in [0.3, 0.4) is 0 Å². The monoisotopic (exact) mass is 520 g/mol. The maximum absolute atomic E-state index is 12.9. The van der Waals surface area contributed by atoms with E-state index in [4.69, 9.17) is 9.47 Å². The fraction of sp³-hybridized carbons (Fsp3) is 0.577. The summed E-state index contributed by atoms with van der Waals surface area (Å²) in [6.45, 7) is -0.252. The number of carbonyl (C=O) groups excluding carboxylic acids is 2. The van der Waals surface area contributed by atoms with Crippen molar-refractivity contribution in [2.24, 2.45) is 0 Å². The first kappa shape index (κ1) is 28.7. The third kappa shape index (κ3) is 7.83. The average molecular weight is 521 g/mol. The standard InChI is InChI=1S/C26H36N2O9/c1-35-20(31)11-6-4-2-3-5-7-14-36-26-22(24(33)23(32)19(15-29)37-26)28-25(34)17-13-12-16-9-8-10-18(30)21(16)27-17/h8-10,12-13,19,22-24,26,29-30,32-33H,2-7,11,14-15H2,1H3,(H,28,34)/t19?,22?,23-,24?,26+/m0/s1. The first-order chi connectivity index (χ1) is 17.8. The highest BCUT2D eigenvalue weighted by Gasteiger charge is 2.45. The quantitative estimate of drug-likeness (QED) is 0.192. The highest BCUT2D eigenvalue weighted by atomic mass is 16.7. The number of amides is 1. The SMILES string of the molecule is COC(=O)CCCCCCCCO[C@@H]1OC(CO)[C@H](O)C(O)C1NC(=O)c1ccc2cccc(O)c2n1. The average Bonchev–Trinajstić information content (AvgIpc) is 2.91. The van der Waals surface area contributed by atoms with Crippen molar-refractivity contribution in [3.05, 3.63) is 36.0 Å². The van der Waals surface area contributed by atoms with Gasteiger partial charge in [-0.25, -0.2) is 4.98 Å². The van der Waals surface area contributed by atoms with Crippen LogP contribution in [0.15, 0.2) is 30.3 Å². The summed E-state index contributed by atoms with van der Waals surface area (Å²) in [5.74, 6) is -0.919. The van der Waals surface area contributed by atoms with E-state index in [0.717, 1.165) is 32.1 Å². The molecule has 37 heavy (non-hydrogen) atoms. The van der Waals surface area contributed by atoms with Crippen LogP contribution in [0.4, 0.5) is 0 Å². The van der Waals surface area contributed by atoms with Gasteiger partial charge in [0.05, 0.1) is 13.7 Å². The van der Waals surface area contributed by atoms with Crippen LogP contribution in [-0.2, 0) is 19.0 Å². The zero-order valence-electron chi connectivity index (χ0n) is 20.9. The summed E-state index contributed by atoms with van der Waals surface area (Å²) >= 11 is 0. The van der Waals surface area contributed by atoms with E-state index in [0.29, 0.717) is 18.2 Å². The third-order valence-corrected chi connectivity index (χ3v) is 6.40. The fourth-order valence-corrected chi connectivity index (χ4v) is 4.24. The first-order valence-corrected chi connectivity index (χ1v) is 12.6. The number of nitrogens with one attached hydrogen (secondary N) is 1. The number of carbonyl (C=O) groups is 2. The molecule has 11 nitrogen and oxygen atoms in total. The molecular weight excluding hydrogens is 484 g/mol. The number of hydrogen-bond donors (Lipinski definition) is 5. The number of aromatic nitrogens is 1. The van der Waals surface area contributed by atoms with E-state index in [9.17, 15) is 30.0 Å². The largest absolute Gasteiger partial charge is 0.506 e. The van der Waals surface area contributed by atoms with Crippen molar-refractivity contribution >= 4 is 22.8 Å². The van der Waals surface area contributed by atoms with Crippen molar-refractivity contribution in [2.45, 2.75) is 75.6 Å². The molecule has 1 aromatic heterocycles. The van der Waals surface area contributed by atoms with E-state index in [-0.39, 0.29) is 29.5 Å². The van der Waals surface area contributed by atoms with Gasteiger partial charge in [-0.2, -0.15) is 0 Å². The van der Waals surface area contributed by atoms with Gasteiger partial charge in [0.2, 0.25) is 0 Å². The molecule has 0 radical (unpaired) electrons. The second kappa shape index (κ2) is 14.2. The Bertz CT molecular complexity index is 1030. The molecule has 1 amide bonds. The number of aliphatic hydroxyl groups excluding tert-OH is 3. The third-order valence-electron chi connectivity index (χ3n) is 6.40. The number of aromatic hydroxyl groups is 1. The highest BCUT2D eigenvalue weighted by Crippen LogP contribution is 2.25. The smallest absolute Gasteiger partial charge is 0.305 e. The van der Waals surface area contributed by atoms with Gasteiger partial charge in [0, 0.05) is 18.4 Å². The summed E-state index contributed by atoms with van der Waals surface area (Å²) in [6.07, 6.45) is 0.574. The number of pyridine rings is 1. The fourth-order valence-electron chi connectivity index (χ4n) is 4.24. The lowest BCUT2D eigenvalue weighted by Gasteiger charge is -2.42. The zero-order chi connectivity index (χ0) is 26.8. The van der Waals surface area contributed by atoms with Gasteiger partial charge in [-0.15, -0.1) is 0 Å². The van der Waals surface area contributed by atoms with E-state index in [1.807, 2.05) is 0 Å². The molecule has 5 N–H and O–H groups in total. The molecule has 1 saturated heterocycles. The number of benzene rings is 1. The summed E-state index contributed by atoms with van der Waals surface area (Å²) < 4.78 is 16.1. The van der Waals surface area contributed by atoms with Crippen molar-refractivity contribution in [1.82, 2.24) is 10.3 Å². The number of aliphatic hydroxyl groups is 3. The van der Waals surface area contributed by atoms with Crippen molar-refractivity contribution in [3.8, 4) is 5.75 Å².